The maximum atomic E-state index is 5.31. The van der Waals surface area contributed by atoms with Crippen molar-refractivity contribution < 1.29 is 0 Å². The van der Waals surface area contributed by atoms with E-state index in [1.54, 1.807) is 6.20 Å². The minimum absolute atomic E-state index is 0.417. The van der Waals surface area contributed by atoms with Gasteiger partial charge in [-0.25, -0.2) is 10.8 Å². The number of aromatic nitrogens is 2. The van der Waals surface area contributed by atoms with E-state index in [4.69, 9.17) is 5.84 Å². The van der Waals surface area contributed by atoms with Crippen molar-refractivity contribution in [3.63, 3.8) is 0 Å². The van der Waals surface area contributed by atoms with Crippen LogP contribution in [-0.4, -0.2) is 40.5 Å². The van der Waals surface area contributed by atoms with Crippen molar-refractivity contribution in [3.05, 3.63) is 10.7 Å². The van der Waals surface area contributed by atoms with Gasteiger partial charge in [0, 0.05) is 25.3 Å². The lowest BCUT2D eigenvalue weighted by Crippen LogP contribution is -2.38. The Bertz CT molecular complexity index is 427. The fourth-order valence-corrected chi connectivity index (χ4v) is 2.87. The molecule has 1 unspecified atom stereocenters. The van der Waals surface area contributed by atoms with Crippen LogP contribution in [0.2, 0.25) is 0 Å². The first kappa shape index (κ1) is 15.5. The molecule has 4 N–H and O–H groups in total. The summed E-state index contributed by atoms with van der Waals surface area (Å²) >= 11 is 3.43. The number of piperidine rings is 1. The standard InChI is InChI=1S/C13H23BrN6/c1-10-5-2-3-7-20(10)8-4-6-16-12-11(14)9-17-13(18-12)19-15/h9-10H,2-8,15H2,1H3,(H2,16,17,18,19). The topological polar surface area (TPSA) is 79.1 Å². The normalized spacial score (nSPS) is 19.9. The summed E-state index contributed by atoms with van der Waals surface area (Å²) in [6.45, 7) is 5.59. The number of nitrogen functional groups attached to an aromatic ring is 1. The van der Waals surface area contributed by atoms with Crippen molar-refractivity contribution in [1.29, 1.82) is 0 Å². The molecule has 2 heterocycles. The summed E-state index contributed by atoms with van der Waals surface area (Å²) in [5.41, 5.74) is 2.45. The molecule has 1 fully saturated rings. The van der Waals surface area contributed by atoms with Crippen LogP contribution in [0.1, 0.15) is 32.6 Å². The first-order valence-corrected chi connectivity index (χ1v) is 7.97. The third kappa shape index (κ3) is 4.29. The molecule has 0 bridgehead atoms. The van der Waals surface area contributed by atoms with Gasteiger partial charge in [-0.1, -0.05) is 6.42 Å². The highest BCUT2D eigenvalue weighted by Gasteiger charge is 2.17. The smallest absolute Gasteiger partial charge is 0.239 e. The van der Waals surface area contributed by atoms with Crippen LogP contribution in [0, 0.1) is 0 Å². The van der Waals surface area contributed by atoms with E-state index >= 15 is 0 Å². The molecule has 1 aliphatic rings. The van der Waals surface area contributed by atoms with Crippen LogP contribution in [-0.2, 0) is 0 Å². The molecule has 0 saturated carbocycles. The fraction of sp³-hybridized carbons (Fsp3) is 0.692. The van der Waals surface area contributed by atoms with E-state index in [1.807, 2.05) is 0 Å². The highest BCUT2D eigenvalue weighted by atomic mass is 79.9. The summed E-state index contributed by atoms with van der Waals surface area (Å²) in [5.74, 6) is 6.51. The number of hydrogen-bond donors (Lipinski definition) is 3. The zero-order chi connectivity index (χ0) is 14.4. The van der Waals surface area contributed by atoms with E-state index in [9.17, 15) is 0 Å². The number of halogens is 1. The van der Waals surface area contributed by atoms with Crippen LogP contribution in [0.4, 0.5) is 11.8 Å². The number of rotatable bonds is 6. The lowest BCUT2D eigenvalue weighted by atomic mass is 10.0. The molecule has 0 aliphatic carbocycles. The predicted molar refractivity (Wildman–Crippen MR) is 85.5 cm³/mol. The number of nitrogens with zero attached hydrogens (tertiary/aromatic N) is 3. The Morgan fingerprint density at radius 1 is 1.50 bits per heavy atom. The summed E-state index contributed by atoms with van der Waals surface area (Å²) in [5, 5.41) is 3.32. The molecule has 0 aromatic carbocycles. The number of nitrogens with two attached hydrogens (primary N) is 1. The Labute approximate surface area is 128 Å². The third-order valence-corrected chi connectivity index (χ3v) is 4.31. The zero-order valence-corrected chi connectivity index (χ0v) is 13.5. The quantitative estimate of drug-likeness (QED) is 0.418. The molecule has 7 heteroatoms. The maximum Gasteiger partial charge on any atom is 0.239 e. The van der Waals surface area contributed by atoms with Crippen LogP contribution in [0.15, 0.2) is 10.7 Å². The van der Waals surface area contributed by atoms with Crippen LogP contribution in [0.5, 0.6) is 0 Å². The fourth-order valence-electron chi connectivity index (χ4n) is 2.54. The number of hydrogen-bond acceptors (Lipinski definition) is 6. The van der Waals surface area contributed by atoms with E-state index < -0.39 is 0 Å². The Morgan fingerprint density at radius 2 is 2.35 bits per heavy atom. The van der Waals surface area contributed by atoms with Gasteiger partial charge in [-0.3, -0.25) is 5.43 Å². The maximum absolute atomic E-state index is 5.31. The van der Waals surface area contributed by atoms with Crippen molar-refractivity contribution in [1.82, 2.24) is 14.9 Å². The number of anilines is 2. The number of hydrazine groups is 1. The predicted octanol–water partition coefficient (Wildman–Crippen LogP) is 2.20. The Balaban J connectivity index is 1.75. The molecule has 1 aromatic rings. The van der Waals surface area contributed by atoms with Gasteiger partial charge in [0.1, 0.15) is 5.82 Å². The van der Waals surface area contributed by atoms with E-state index in [0.717, 1.165) is 35.8 Å². The van der Waals surface area contributed by atoms with Gasteiger partial charge >= 0.3 is 0 Å². The van der Waals surface area contributed by atoms with E-state index in [1.165, 1.54) is 25.8 Å². The van der Waals surface area contributed by atoms with E-state index in [-0.39, 0.29) is 0 Å². The average Bonchev–Trinajstić information content (AvgIpc) is 2.47. The first-order valence-electron chi connectivity index (χ1n) is 7.18. The molecule has 1 aromatic heterocycles. The minimum atomic E-state index is 0.417. The summed E-state index contributed by atoms with van der Waals surface area (Å²) < 4.78 is 0.850. The van der Waals surface area contributed by atoms with Gasteiger partial charge in [0.15, 0.2) is 0 Å². The molecule has 1 aliphatic heterocycles. The van der Waals surface area contributed by atoms with Gasteiger partial charge in [0.25, 0.3) is 0 Å². The molecular weight excluding hydrogens is 320 g/mol. The van der Waals surface area contributed by atoms with Crippen LogP contribution in [0.3, 0.4) is 0 Å². The van der Waals surface area contributed by atoms with E-state index in [0.29, 0.717) is 5.95 Å². The Morgan fingerprint density at radius 3 is 3.10 bits per heavy atom. The third-order valence-electron chi connectivity index (χ3n) is 3.73. The van der Waals surface area contributed by atoms with Crippen molar-refractivity contribution in [2.24, 2.45) is 5.84 Å². The van der Waals surface area contributed by atoms with Gasteiger partial charge in [-0.2, -0.15) is 4.98 Å². The molecule has 0 spiro atoms. The highest BCUT2D eigenvalue weighted by Crippen LogP contribution is 2.20. The van der Waals surface area contributed by atoms with Crippen molar-refractivity contribution in [3.8, 4) is 0 Å². The van der Waals surface area contributed by atoms with Crippen molar-refractivity contribution >= 4 is 27.7 Å². The van der Waals surface area contributed by atoms with Gasteiger partial charge < -0.3 is 10.2 Å². The van der Waals surface area contributed by atoms with Gasteiger partial charge in [0.2, 0.25) is 5.95 Å². The second kappa shape index (κ2) is 7.75. The summed E-state index contributed by atoms with van der Waals surface area (Å²) in [6.07, 6.45) is 6.83. The molecule has 1 atom stereocenters. The molecule has 0 radical (unpaired) electrons. The monoisotopic (exact) mass is 342 g/mol. The highest BCUT2D eigenvalue weighted by molar-refractivity contribution is 9.10. The summed E-state index contributed by atoms with van der Waals surface area (Å²) in [7, 11) is 0. The summed E-state index contributed by atoms with van der Waals surface area (Å²) in [6, 6.07) is 0.725. The largest absolute Gasteiger partial charge is 0.369 e. The SMILES string of the molecule is CC1CCCCN1CCCNc1nc(NN)ncc1Br. The van der Waals surface area contributed by atoms with E-state index in [2.05, 4.69) is 48.5 Å². The minimum Gasteiger partial charge on any atom is -0.369 e. The molecule has 2 rings (SSSR count). The van der Waals surface area contributed by atoms with Crippen molar-refractivity contribution in [2.45, 2.75) is 38.6 Å². The molecular formula is C13H23BrN6. The molecule has 112 valence electrons. The Hall–Kier alpha value is -0.920. The summed E-state index contributed by atoms with van der Waals surface area (Å²) in [4.78, 5) is 10.9. The van der Waals surface area contributed by atoms with Gasteiger partial charge in [0.05, 0.1) is 4.47 Å². The first-order chi connectivity index (χ1) is 9.70. The zero-order valence-electron chi connectivity index (χ0n) is 11.9. The van der Waals surface area contributed by atoms with Gasteiger partial charge in [-0.15, -0.1) is 0 Å². The van der Waals surface area contributed by atoms with Crippen LogP contribution < -0.4 is 16.6 Å². The lowest BCUT2D eigenvalue weighted by Gasteiger charge is -2.33. The number of likely N-dealkylation sites (tertiary alicyclic amines) is 1. The Kier molecular flexibility index (Phi) is 6.00. The van der Waals surface area contributed by atoms with Crippen LogP contribution >= 0.6 is 15.9 Å². The molecule has 1 saturated heterocycles. The molecule has 20 heavy (non-hydrogen) atoms. The van der Waals surface area contributed by atoms with Crippen LogP contribution in [0.25, 0.3) is 0 Å². The second-order valence-electron chi connectivity index (χ2n) is 5.20. The second-order valence-corrected chi connectivity index (χ2v) is 6.05. The van der Waals surface area contributed by atoms with Crippen molar-refractivity contribution in [2.75, 3.05) is 30.4 Å². The average molecular weight is 343 g/mol. The lowest BCUT2D eigenvalue weighted by molar-refractivity contribution is 0.160. The number of nitrogens with one attached hydrogen (secondary N) is 2. The van der Waals surface area contributed by atoms with Gasteiger partial charge in [-0.05, 0) is 48.7 Å². The molecule has 0 amide bonds. The molecule has 6 nitrogen and oxygen atoms in total.